The monoisotopic (exact) mass is 461 g/mol. The Bertz CT molecular complexity index is 920. The second-order valence-corrected chi connectivity index (χ2v) is 8.97. The van der Waals surface area contributed by atoms with Gasteiger partial charge in [-0.2, -0.15) is 0 Å². The molecule has 0 saturated heterocycles. The van der Waals surface area contributed by atoms with Crippen LogP contribution in [0.15, 0.2) is 71.3 Å². The summed E-state index contributed by atoms with van der Waals surface area (Å²) in [5.74, 6) is 1.79. The van der Waals surface area contributed by atoms with E-state index in [1.807, 2.05) is 66.7 Å². The number of carbonyl (C=O) groups excluding carboxylic acids is 1. The standard InChI is InChI=1S/C24H28ClNO4S/c1-24(2,28)17-30-22-10-7-20(15-23(22)29-4)26(3)13-11-18(12-14-27)16-31-21-8-5-19(25)6-9-21/h5-15,28H,16-17H2,1-4H3/b13-11-,18-12+. The van der Waals surface area contributed by atoms with Crippen LogP contribution >= 0.6 is 23.4 Å². The highest BCUT2D eigenvalue weighted by Gasteiger charge is 2.15. The van der Waals surface area contributed by atoms with Gasteiger partial charge in [0.15, 0.2) is 11.5 Å². The maximum absolute atomic E-state index is 11.0. The molecule has 166 valence electrons. The van der Waals surface area contributed by atoms with Gasteiger partial charge in [0.05, 0.1) is 12.7 Å². The molecule has 0 aliphatic heterocycles. The van der Waals surface area contributed by atoms with E-state index in [-0.39, 0.29) is 6.61 Å². The lowest BCUT2D eigenvalue weighted by Crippen LogP contribution is -2.28. The number of halogens is 1. The number of ether oxygens (including phenoxy) is 2. The normalized spacial score (nSPS) is 12.1. The molecule has 5 nitrogen and oxygen atoms in total. The maximum Gasteiger partial charge on any atom is 0.162 e. The van der Waals surface area contributed by atoms with Crippen molar-refractivity contribution >= 4 is 35.3 Å². The fourth-order valence-electron chi connectivity index (χ4n) is 2.48. The van der Waals surface area contributed by atoms with Crippen molar-refractivity contribution in [3.8, 4) is 11.5 Å². The van der Waals surface area contributed by atoms with Gasteiger partial charge in [-0.15, -0.1) is 11.8 Å². The summed E-state index contributed by atoms with van der Waals surface area (Å²) in [6.07, 6.45) is 6.15. The molecular formula is C24H28ClNO4S. The molecule has 31 heavy (non-hydrogen) atoms. The first-order valence-electron chi connectivity index (χ1n) is 9.69. The fraction of sp³-hybridized carbons (Fsp3) is 0.292. The highest BCUT2D eigenvalue weighted by atomic mass is 35.5. The van der Waals surface area contributed by atoms with Crippen LogP contribution in [0.2, 0.25) is 5.02 Å². The van der Waals surface area contributed by atoms with Crippen molar-refractivity contribution < 1.29 is 19.4 Å². The summed E-state index contributed by atoms with van der Waals surface area (Å²) in [5, 5.41) is 10.6. The zero-order chi connectivity index (χ0) is 22.9. The number of benzene rings is 2. The van der Waals surface area contributed by atoms with Crippen molar-refractivity contribution in [1.82, 2.24) is 0 Å². The van der Waals surface area contributed by atoms with Gasteiger partial charge in [-0.3, -0.25) is 4.79 Å². The molecule has 1 N–H and O–H groups in total. The Labute approximate surface area is 193 Å². The van der Waals surface area contributed by atoms with E-state index >= 15 is 0 Å². The molecule has 2 rings (SSSR count). The molecule has 0 amide bonds. The van der Waals surface area contributed by atoms with Gasteiger partial charge in [-0.25, -0.2) is 0 Å². The van der Waals surface area contributed by atoms with Crippen LogP contribution in [-0.2, 0) is 4.79 Å². The van der Waals surface area contributed by atoms with Crippen LogP contribution in [0.5, 0.6) is 11.5 Å². The van der Waals surface area contributed by atoms with E-state index in [0.717, 1.165) is 22.4 Å². The fourth-order valence-corrected chi connectivity index (χ4v) is 3.46. The van der Waals surface area contributed by atoms with Gasteiger partial charge in [0.2, 0.25) is 0 Å². The van der Waals surface area contributed by atoms with E-state index in [1.165, 1.54) is 0 Å². The minimum absolute atomic E-state index is 0.156. The third-order valence-electron chi connectivity index (χ3n) is 4.15. The van der Waals surface area contributed by atoms with Crippen LogP contribution in [0.25, 0.3) is 0 Å². The molecule has 0 saturated carbocycles. The van der Waals surface area contributed by atoms with Crippen molar-refractivity contribution in [2.45, 2.75) is 24.3 Å². The van der Waals surface area contributed by atoms with Crippen LogP contribution < -0.4 is 14.4 Å². The third kappa shape index (κ3) is 8.69. The minimum atomic E-state index is -0.936. The molecule has 2 aromatic carbocycles. The predicted octanol–water partition coefficient (Wildman–Crippen LogP) is 5.37. The summed E-state index contributed by atoms with van der Waals surface area (Å²) < 4.78 is 11.1. The molecule has 0 fully saturated rings. The molecule has 7 heteroatoms. The number of thioether (sulfide) groups is 1. The average molecular weight is 462 g/mol. The number of anilines is 1. The Morgan fingerprint density at radius 2 is 1.90 bits per heavy atom. The first-order valence-corrected chi connectivity index (χ1v) is 11.0. The molecule has 2 aromatic rings. The smallest absolute Gasteiger partial charge is 0.162 e. The topological polar surface area (TPSA) is 59.0 Å². The number of rotatable bonds is 11. The van der Waals surface area contributed by atoms with Crippen LogP contribution in [0.1, 0.15) is 13.8 Å². The highest BCUT2D eigenvalue weighted by molar-refractivity contribution is 7.99. The van der Waals surface area contributed by atoms with Gasteiger partial charge in [0.1, 0.15) is 12.9 Å². The van der Waals surface area contributed by atoms with E-state index in [9.17, 15) is 9.90 Å². The lowest BCUT2D eigenvalue weighted by Gasteiger charge is -2.21. The molecule has 0 unspecified atom stereocenters. The molecule has 0 heterocycles. The molecule has 0 aliphatic carbocycles. The summed E-state index contributed by atoms with van der Waals surface area (Å²) >= 11 is 7.55. The van der Waals surface area contributed by atoms with Crippen LogP contribution in [-0.4, -0.2) is 43.5 Å². The number of aliphatic hydroxyl groups is 1. The SMILES string of the molecule is COc1cc(N(C)/C=C\C(=C/C=O)CSc2ccc(Cl)cc2)ccc1OCC(C)(C)O. The molecule has 0 aliphatic rings. The highest BCUT2D eigenvalue weighted by Crippen LogP contribution is 2.32. The number of carbonyl (C=O) groups is 1. The van der Waals surface area contributed by atoms with Gasteiger partial charge >= 0.3 is 0 Å². The van der Waals surface area contributed by atoms with Crippen molar-refractivity contribution in [2.75, 3.05) is 31.4 Å². The van der Waals surface area contributed by atoms with Gasteiger partial charge in [0, 0.05) is 40.7 Å². The van der Waals surface area contributed by atoms with Crippen molar-refractivity contribution in [3.63, 3.8) is 0 Å². The van der Waals surface area contributed by atoms with Crippen LogP contribution in [0.3, 0.4) is 0 Å². The van der Waals surface area contributed by atoms with E-state index in [1.54, 1.807) is 38.8 Å². The number of methoxy groups -OCH3 is 1. The Kier molecular flexibility index (Phi) is 9.49. The predicted molar refractivity (Wildman–Crippen MR) is 129 cm³/mol. The van der Waals surface area contributed by atoms with E-state index in [2.05, 4.69) is 0 Å². The zero-order valence-electron chi connectivity index (χ0n) is 18.2. The second-order valence-electron chi connectivity index (χ2n) is 7.48. The lowest BCUT2D eigenvalue weighted by atomic mass is 10.2. The largest absolute Gasteiger partial charge is 0.493 e. The van der Waals surface area contributed by atoms with E-state index < -0.39 is 5.60 Å². The first kappa shape index (κ1) is 24.9. The van der Waals surface area contributed by atoms with Crippen LogP contribution in [0.4, 0.5) is 5.69 Å². The molecular weight excluding hydrogens is 434 g/mol. The Hall–Kier alpha value is -2.41. The number of hydrogen-bond acceptors (Lipinski definition) is 6. The molecule has 0 radical (unpaired) electrons. The Morgan fingerprint density at radius 3 is 2.52 bits per heavy atom. The third-order valence-corrected chi connectivity index (χ3v) is 5.48. The molecule has 0 atom stereocenters. The van der Waals surface area contributed by atoms with Gasteiger partial charge in [0.25, 0.3) is 0 Å². The Morgan fingerprint density at radius 1 is 1.19 bits per heavy atom. The lowest BCUT2D eigenvalue weighted by molar-refractivity contribution is -0.104. The molecule has 0 aromatic heterocycles. The number of nitrogens with zero attached hydrogens (tertiary/aromatic N) is 1. The summed E-state index contributed by atoms with van der Waals surface area (Å²) in [5.41, 5.74) is 0.840. The molecule has 0 spiro atoms. The Balaban J connectivity index is 2.06. The van der Waals surface area contributed by atoms with Gasteiger partial charge < -0.3 is 19.5 Å². The number of aldehydes is 1. The minimum Gasteiger partial charge on any atom is -0.493 e. The summed E-state index contributed by atoms with van der Waals surface area (Å²) in [6, 6.07) is 13.2. The summed E-state index contributed by atoms with van der Waals surface area (Å²) in [4.78, 5) is 14.0. The van der Waals surface area contributed by atoms with Gasteiger partial charge in [-0.05, 0) is 68.0 Å². The quantitative estimate of drug-likeness (QED) is 0.210. The summed E-state index contributed by atoms with van der Waals surface area (Å²) in [7, 11) is 3.48. The maximum atomic E-state index is 11.0. The summed E-state index contributed by atoms with van der Waals surface area (Å²) in [6.45, 7) is 3.52. The van der Waals surface area contributed by atoms with Crippen LogP contribution in [0, 0.1) is 0 Å². The van der Waals surface area contributed by atoms with Crippen molar-refractivity contribution in [3.05, 3.63) is 71.4 Å². The van der Waals surface area contributed by atoms with Gasteiger partial charge in [-0.1, -0.05) is 11.6 Å². The van der Waals surface area contributed by atoms with Crippen molar-refractivity contribution in [2.24, 2.45) is 0 Å². The second kappa shape index (κ2) is 11.8. The number of allylic oxidation sites excluding steroid dienone is 2. The molecule has 0 bridgehead atoms. The van der Waals surface area contributed by atoms with E-state index in [4.69, 9.17) is 21.1 Å². The number of hydrogen-bond donors (Lipinski definition) is 1. The van der Waals surface area contributed by atoms with Crippen molar-refractivity contribution in [1.29, 1.82) is 0 Å². The van der Waals surface area contributed by atoms with E-state index in [0.29, 0.717) is 22.3 Å². The first-order chi connectivity index (χ1) is 14.7. The average Bonchev–Trinajstić information content (AvgIpc) is 2.74. The zero-order valence-corrected chi connectivity index (χ0v) is 19.7.